The van der Waals surface area contributed by atoms with Gasteiger partial charge in [-0.1, -0.05) is 0 Å². The van der Waals surface area contributed by atoms with E-state index in [1.165, 1.54) is 7.11 Å². The molecule has 0 amide bonds. The Morgan fingerprint density at radius 3 is 2.63 bits per heavy atom. The van der Waals surface area contributed by atoms with Crippen molar-refractivity contribution in [3.63, 3.8) is 0 Å². The number of methoxy groups -OCH3 is 1. The fourth-order valence-corrected chi connectivity index (χ4v) is 1.86. The van der Waals surface area contributed by atoms with E-state index in [0.29, 0.717) is 0 Å². The molecule has 106 valence electrons. The van der Waals surface area contributed by atoms with Gasteiger partial charge in [0.05, 0.1) is 28.5 Å². The molecule has 1 heterocycles. The largest absolute Gasteiger partial charge is 0.573 e. The Morgan fingerprint density at radius 1 is 1.53 bits per heavy atom. The van der Waals surface area contributed by atoms with E-state index in [-0.39, 0.29) is 27.9 Å². The zero-order valence-electron chi connectivity index (χ0n) is 9.75. The summed E-state index contributed by atoms with van der Waals surface area (Å²) in [6, 6.07) is 1.05. The van der Waals surface area contributed by atoms with Crippen LogP contribution in [0, 0.1) is 3.57 Å². The van der Waals surface area contributed by atoms with E-state index < -0.39 is 18.1 Å². The molecule has 1 aromatic heterocycles. The summed E-state index contributed by atoms with van der Waals surface area (Å²) in [5.74, 6) is -1.04. The number of alkyl halides is 3. The number of halogens is 4. The zero-order chi connectivity index (χ0) is 14.6. The molecule has 1 rings (SSSR count). The van der Waals surface area contributed by atoms with Crippen LogP contribution in [0.15, 0.2) is 6.07 Å². The Bertz CT molecular complexity index is 480. The normalized spacial score (nSPS) is 11.3. The third-order valence-electron chi connectivity index (χ3n) is 2.02. The first-order valence-corrected chi connectivity index (χ1v) is 6.05. The molecule has 0 fully saturated rings. The van der Waals surface area contributed by atoms with E-state index in [1.54, 1.807) is 22.6 Å². The second-order valence-electron chi connectivity index (χ2n) is 3.38. The Labute approximate surface area is 120 Å². The molecule has 19 heavy (non-hydrogen) atoms. The Hall–Kier alpha value is -1.10. The molecule has 0 radical (unpaired) electrons. The number of nitrogens with zero attached hydrogens (tertiary/aromatic N) is 1. The minimum Gasteiger partial charge on any atom is -0.469 e. The third kappa shape index (κ3) is 4.82. The van der Waals surface area contributed by atoms with Gasteiger partial charge in [0, 0.05) is 12.6 Å². The summed E-state index contributed by atoms with van der Waals surface area (Å²) in [4.78, 5) is 15.1. The van der Waals surface area contributed by atoms with E-state index in [0.717, 1.165) is 6.07 Å². The molecule has 0 saturated heterocycles. The second kappa shape index (κ2) is 6.37. The van der Waals surface area contributed by atoms with Gasteiger partial charge in [0.25, 0.3) is 0 Å². The smallest absolute Gasteiger partial charge is 0.469 e. The van der Waals surface area contributed by atoms with Crippen molar-refractivity contribution in [1.82, 2.24) is 4.98 Å². The van der Waals surface area contributed by atoms with Crippen LogP contribution in [0.4, 0.5) is 13.2 Å². The molecular weight excluding hydrogens is 380 g/mol. The first-order valence-electron chi connectivity index (χ1n) is 4.97. The van der Waals surface area contributed by atoms with Gasteiger partial charge in [0.15, 0.2) is 0 Å². The van der Waals surface area contributed by atoms with Crippen LogP contribution in [-0.4, -0.2) is 24.4 Å². The molecule has 0 atom stereocenters. The standard InChI is InChI=1S/C10H10F3IN2O3/c1-18-8(17)3-5-2-7(19-10(11,12)13)9(14)6(4-15)16-5/h2H,3-4,15H2,1H3. The molecule has 2 N–H and O–H groups in total. The topological polar surface area (TPSA) is 74.4 Å². The number of ether oxygens (including phenoxy) is 2. The molecule has 0 aliphatic carbocycles. The average Bonchev–Trinajstić information content (AvgIpc) is 2.31. The summed E-state index contributed by atoms with van der Waals surface area (Å²) < 4.78 is 45.2. The van der Waals surface area contributed by atoms with Gasteiger partial charge < -0.3 is 15.2 Å². The summed E-state index contributed by atoms with van der Waals surface area (Å²) >= 11 is 1.66. The number of hydrogen-bond acceptors (Lipinski definition) is 5. The molecular formula is C10H10F3IN2O3. The van der Waals surface area contributed by atoms with Crippen LogP contribution in [0.3, 0.4) is 0 Å². The van der Waals surface area contributed by atoms with Crippen molar-refractivity contribution in [2.45, 2.75) is 19.3 Å². The maximum absolute atomic E-state index is 12.2. The van der Waals surface area contributed by atoms with Gasteiger partial charge in [-0.05, 0) is 22.6 Å². The van der Waals surface area contributed by atoms with Gasteiger partial charge in [-0.3, -0.25) is 9.78 Å². The number of aromatic nitrogens is 1. The highest BCUT2D eigenvalue weighted by Gasteiger charge is 2.32. The summed E-state index contributed by atoms with van der Waals surface area (Å²) in [5, 5.41) is 0. The lowest BCUT2D eigenvalue weighted by Crippen LogP contribution is -2.19. The Kier molecular flexibility index (Phi) is 5.35. The average molecular weight is 390 g/mol. The summed E-state index contributed by atoms with van der Waals surface area (Å²) in [6.07, 6.45) is -5.08. The summed E-state index contributed by atoms with van der Waals surface area (Å²) in [5.41, 5.74) is 5.72. The van der Waals surface area contributed by atoms with Crippen LogP contribution in [0.5, 0.6) is 5.75 Å². The first-order chi connectivity index (χ1) is 8.76. The number of hydrogen-bond donors (Lipinski definition) is 1. The molecule has 0 spiro atoms. The maximum atomic E-state index is 12.2. The number of esters is 1. The van der Waals surface area contributed by atoms with Gasteiger partial charge in [-0.15, -0.1) is 13.2 Å². The van der Waals surface area contributed by atoms with E-state index >= 15 is 0 Å². The van der Waals surface area contributed by atoms with Gasteiger partial charge in [0.1, 0.15) is 5.75 Å². The number of pyridine rings is 1. The number of rotatable bonds is 4. The summed E-state index contributed by atoms with van der Waals surface area (Å²) in [6.45, 7) is -0.0680. The molecule has 9 heteroatoms. The maximum Gasteiger partial charge on any atom is 0.573 e. The SMILES string of the molecule is COC(=O)Cc1cc(OC(F)(F)F)c(I)c(CN)n1. The second-order valence-corrected chi connectivity index (χ2v) is 4.46. The van der Waals surface area contributed by atoms with Crippen LogP contribution in [-0.2, 0) is 22.5 Å². The van der Waals surface area contributed by atoms with Crippen molar-refractivity contribution >= 4 is 28.6 Å². The fraction of sp³-hybridized carbons (Fsp3) is 0.400. The van der Waals surface area contributed by atoms with Gasteiger partial charge >= 0.3 is 12.3 Å². The highest BCUT2D eigenvalue weighted by molar-refractivity contribution is 14.1. The molecule has 1 aromatic rings. The lowest BCUT2D eigenvalue weighted by molar-refractivity contribution is -0.275. The fourth-order valence-electron chi connectivity index (χ4n) is 1.26. The highest BCUT2D eigenvalue weighted by atomic mass is 127. The quantitative estimate of drug-likeness (QED) is 0.627. The molecule has 0 saturated carbocycles. The Balaban J connectivity index is 3.14. The van der Waals surface area contributed by atoms with E-state index in [4.69, 9.17) is 5.73 Å². The predicted octanol–water partition coefficient (Wildman–Crippen LogP) is 1.76. The molecule has 0 bridgehead atoms. The molecule has 0 aromatic carbocycles. The van der Waals surface area contributed by atoms with Crippen molar-refractivity contribution in [1.29, 1.82) is 0 Å². The highest BCUT2D eigenvalue weighted by Crippen LogP contribution is 2.30. The van der Waals surface area contributed by atoms with Gasteiger partial charge in [-0.25, -0.2) is 0 Å². The lowest BCUT2D eigenvalue weighted by atomic mass is 10.2. The molecule has 0 unspecified atom stereocenters. The van der Waals surface area contributed by atoms with Crippen LogP contribution < -0.4 is 10.5 Å². The molecule has 0 aliphatic rings. The predicted molar refractivity (Wildman–Crippen MR) is 67.2 cm³/mol. The van der Waals surface area contributed by atoms with E-state index in [2.05, 4.69) is 14.5 Å². The van der Waals surface area contributed by atoms with Gasteiger partial charge in [-0.2, -0.15) is 0 Å². The lowest BCUT2D eigenvalue weighted by Gasteiger charge is -2.13. The first kappa shape index (κ1) is 16.0. The van der Waals surface area contributed by atoms with E-state index in [9.17, 15) is 18.0 Å². The zero-order valence-corrected chi connectivity index (χ0v) is 11.9. The van der Waals surface area contributed by atoms with Crippen molar-refractivity contribution in [3.05, 3.63) is 21.0 Å². The van der Waals surface area contributed by atoms with Crippen LogP contribution >= 0.6 is 22.6 Å². The number of nitrogens with two attached hydrogens (primary N) is 1. The summed E-state index contributed by atoms with van der Waals surface area (Å²) in [7, 11) is 1.17. The molecule has 0 aliphatic heterocycles. The van der Waals surface area contributed by atoms with E-state index in [1.807, 2.05) is 0 Å². The van der Waals surface area contributed by atoms with Crippen molar-refractivity contribution < 1.29 is 27.4 Å². The van der Waals surface area contributed by atoms with Crippen molar-refractivity contribution in [3.8, 4) is 5.75 Å². The monoisotopic (exact) mass is 390 g/mol. The third-order valence-corrected chi connectivity index (χ3v) is 3.17. The minimum absolute atomic E-state index is 0.0680. The van der Waals surface area contributed by atoms with Crippen molar-refractivity contribution in [2.24, 2.45) is 5.73 Å². The number of carbonyl (C=O) groups is 1. The van der Waals surface area contributed by atoms with Crippen LogP contribution in [0.1, 0.15) is 11.4 Å². The molecule has 5 nitrogen and oxygen atoms in total. The van der Waals surface area contributed by atoms with Gasteiger partial charge in [0.2, 0.25) is 0 Å². The van der Waals surface area contributed by atoms with Crippen LogP contribution in [0.2, 0.25) is 0 Å². The minimum atomic E-state index is -4.82. The number of carbonyl (C=O) groups excluding carboxylic acids is 1. The Morgan fingerprint density at radius 2 is 2.16 bits per heavy atom. The van der Waals surface area contributed by atoms with Crippen LogP contribution in [0.25, 0.3) is 0 Å². The van der Waals surface area contributed by atoms with Crippen molar-refractivity contribution in [2.75, 3.05) is 7.11 Å².